The predicted octanol–water partition coefficient (Wildman–Crippen LogP) is 8.08. The molecule has 0 atom stereocenters. The number of nitrogens with one attached hydrogen (secondary N) is 7. The van der Waals surface area contributed by atoms with Gasteiger partial charge in [-0.25, -0.2) is 25.3 Å². The van der Waals surface area contributed by atoms with Gasteiger partial charge in [0.2, 0.25) is 43.0 Å². The van der Waals surface area contributed by atoms with Gasteiger partial charge in [0, 0.05) is 152 Å². The summed E-state index contributed by atoms with van der Waals surface area (Å²) in [6.07, 6.45) is 4.34. The van der Waals surface area contributed by atoms with Gasteiger partial charge in [-0.15, -0.1) is 0 Å². The molecule has 792 valence electrons. The number of quaternary nitrogens is 4. The molecule has 4 aliphatic rings. The normalized spacial score (nSPS) is 12.7. The number of hydrogen-bond donors (Lipinski definition) is 12. The van der Waals surface area contributed by atoms with Crippen molar-refractivity contribution < 1.29 is 144 Å². The fourth-order valence-corrected chi connectivity index (χ4v) is 16.3. The average Bonchev–Trinajstić information content (AvgIpc) is 0.382. The summed E-state index contributed by atoms with van der Waals surface area (Å²) in [5.41, 5.74) is 34.2. The van der Waals surface area contributed by atoms with Crippen LogP contribution in [0.4, 0.5) is 62.6 Å². The molecule has 16 N–H and O–H groups in total. The zero-order valence-electron chi connectivity index (χ0n) is 85.8. The molecule has 0 unspecified atom stereocenters. The second kappa shape index (κ2) is 52.6. The molecule has 0 aromatic heterocycles. The van der Waals surface area contributed by atoms with E-state index in [9.17, 15) is 92.0 Å². The number of aromatic hydroxyl groups is 1. The average molecular weight is 2100 g/mol. The number of rotatable bonds is 35. The van der Waals surface area contributed by atoms with E-state index in [0.717, 1.165) is 104 Å². The number of fused-ring (bicyclic) bond motifs is 8. The number of phenols is 1. The van der Waals surface area contributed by atoms with Crippen LogP contribution in [0.1, 0.15) is 214 Å². The number of nitrogen functional groups attached to an aromatic ring is 4. The summed E-state index contributed by atoms with van der Waals surface area (Å²) >= 11 is 0. The monoisotopic (exact) mass is 2100 g/mol. The number of ketones is 8. The molecule has 4 aliphatic carbocycles. The zero-order valence-corrected chi connectivity index (χ0v) is 89.0. The first kappa shape index (κ1) is 121. The maximum atomic E-state index is 13.7. The van der Waals surface area contributed by atoms with Crippen molar-refractivity contribution in [3.05, 3.63) is 234 Å². The number of amides is 2. The third kappa shape index (κ3) is 33.3. The van der Waals surface area contributed by atoms with Crippen molar-refractivity contribution in [2.45, 2.75) is 93.2 Å². The topological polar surface area (TPSA) is 597 Å². The maximum absolute atomic E-state index is 13.7. The summed E-state index contributed by atoms with van der Waals surface area (Å²) in [6.45, 7) is 21.0. The summed E-state index contributed by atoms with van der Waals surface area (Å²) in [7, 11) is 11.3. The molecule has 146 heavy (non-hydrogen) atoms. The van der Waals surface area contributed by atoms with Gasteiger partial charge in [-0.05, 0) is 82.6 Å². The van der Waals surface area contributed by atoms with Gasteiger partial charge in [-0.3, -0.25) is 60.5 Å². The lowest BCUT2D eigenvalue weighted by Crippen LogP contribution is -3.00. The van der Waals surface area contributed by atoms with Gasteiger partial charge in [0.25, 0.3) is 0 Å². The van der Waals surface area contributed by atoms with Gasteiger partial charge >= 0.3 is 0 Å². The first-order valence-electron chi connectivity index (χ1n) is 46.4. The maximum Gasteiger partial charge on any atom is 0.221 e. The third-order valence-corrected chi connectivity index (χ3v) is 24.3. The van der Waals surface area contributed by atoms with Crippen molar-refractivity contribution in [1.29, 1.82) is 0 Å². The molecule has 0 bridgehead atoms. The van der Waals surface area contributed by atoms with E-state index in [1.54, 1.807) is 91.0 Å². The molecule has 44 heteroatoms. The third-order valence-electron chi connectivity index (χ3n) is 23.0. The number of benzene rings is 9. The van der Waals surface area contributed by atoms with E-state index in [2.05, 4.69) is 151 Å². The minimum Gasteiger partial charge on any atom is -1.00 e. The van der Waals surface area contributed by atoms with E-state index in [-0.39, 0.29) is 167 Å². The number of methoxy groups -OCH3 is 1. The predicted molar refractivity (Wildman–Crippen MR) is 556 cm³/mol. The van der Waals surface area contributed by atoms with E-state index in [4.69, 9.17) is 32.4 Å². The number of nitrogens with zero attached hydrogens (tertiary/aromatic N) is 4. The highest BCUT2D eigenvalue weighted by Crippen LogP contribution is 2.47. The van der Waals surface area contributed by atoms with Crippen LogP contribution in [0.2, 0.25) is 0 Å². The lowest BCUT2D eigenvalue weighted by Gasteiger charge is -2.30. The van der Waals surface area contributed by atoms with Crippen molar-refractivity contribution in [3.8, 4) is 17.2 Å². The quantitative estimate of drug-likeness (QED) is 0.00587. The highest BCUT2D eigenvalue weighted by molar-refractivity contribution is 7.81. The second-order valence-corrected chi connectivity index (χ2v) is 41.1. The molecule has 9 aromatic carbocycles. The molecule has 0 saturated heterocycles. The van der Waals surface area contributed by atoms with Crippen molar-refractivity contribution in [3.63, 3.8) is 0 Å². The van der Waals surface area contributed by atoms with Crippen LogP contribution in [0, 0.1) is 0 Å². The van der Waals surface area contributed by atoms with E-state index in [0.29, 0.717) is 118 Å². The first-order valence-corrected chi connectivity index (χ1v) is 50.4. The Balaban J connectivity index is 0.000000279. The van der Waals surface area contributed by atoms with Crippen LogP contribution in [0.3, 0.4) is 0 Å². The summed E-state index contributed by atoms with van der Waals surface area (Å²) in [5, 5.41) is 32.2. The minimum atomic E-state index is -4.42. The fraction of sp³-hybridized carbons (Fsp3) is 0.373. The standard InChI is InChI=1S/C26H28N4O2.C25H32N4O4.C24H30N4O4.C23H29N3O3.C2H6O4S.2CH4O4S.ClH/c1-30(2,16-17-8-4-3-5-9-17)15-7-14-29-21-13-12-20(28)23-24(21)26(32)22-18(25(23)31)10-6-11-19(22)27;1-6-13-33-19-14-18(27-11-8-12-29(3,4)5)21-22(23(19)26)24(31)16-9-7-10-17(28-15(2)30)20(16)25(21)32;1-6-28(3,4)12-8-11-26-17-13-18(32-5)22(25)21-20(17)24(31)19-15(23(21)30)9-7-10-16(19)27-14(2)29;1-14(2)25-17-11-10-16(24-12-7-13-26(3,4)5)20-21(17)22(28)15-8-6-9-18(27)19(15)23(20)29;1-2-6-7(3,4)5;2*1-5-6(2,3)4;/h3-6,8-13H,7,14-16H2,1-2H3,(H4-,27,28,29,31,32);7,9-10,14H,6,8,11-13H2,1-5H3,(H3-,26,27,28,30,31,32);7,9-10,13H,6,8,11-12H2,1-5H3,(H3-,25,26,27,29,30,31);6,8-11,14H,7,12-13H2,1-5H3,(H2-,24,25,27,28,29);2H2,1H3,(H,3,4,5);2*1H3,(H,2,3,4);1H. The largest absolute Gasteiger partial charge is 1.00 e. The smallest absolute Gasteiger partial charge is 0.221 e. The highest BCUT2D eigenvalue weighted by atomic mass is 35.5. The molecular weight excluding hydrogens is 1970 g/mol. The van der Waals surface area contributed by atoms with Gasteiger partial charge in [0.1, 0.15) is 23.8 Å². The second-order valence-electron chi connectivity index (χ2n) is 37.7. The molecule has 0 radical (unpaired) electrons. The Morgan fingerprint density at radius 1 is 0.397 bits per heavy atom. The number of hydrogen-bond acceptors (Lipinski definition) is 34. The van der Waals surface area contributed by atoms with E-state index in [1.807, 2.05) is 39.0 Å². The molecule has 40 nitrogen and oxygen atoms in total. The van der Waals surface area contributed by atoms with Crippen molar-refractivity contribution in [1.82, 2.24) is 0 Å². The Bertz CT molecular complexity index is 6660. The van der Waals surface area contributed by atoms with Gasteiger partial charge < -0.3 is 119 Å². The number of phenolic OH excluding ortho intramolecular Hbond substituents is 1. The molecule has 0 fully saturated rings. The molecular formula is C102H134ClN15O25S3. The summed E-state index contributed by atoms with van der Waals surface area (Å²) < 4.78 is 109. The van der Waals surface area contributed by atoms with E-state index >= 15 is 0 Å². The zero-order chi connectivity index (χ0) is 109. The van der Waals surface area contributed by atoms with Crippen LogP contribution >= 0.6 is 0 Å². The molecule has 13 rings (SSSR count). The number of carbonyl (C=O) groups excluding carboxylic acids is 10. The number of carbonyl (C=O) groups is 10. The highest BCUT2D eigenvalue weighted by Gasteiger charge is 2.42. The molecule has 0 aliphatic heterocycles. The lowest BCUT2D eigenvalue weighted by atomic mass is 9.81. The summed E-state index contributed by atoms with van der Waals surface area (Å²) in [5.74, 6) is -2.64. The molecule has 0 spiro atoms. The Morgan fingerprint density at radius 2 is 0.753 bits per heavy atom. The van der Waals surface area contributed by atoms with Gasteiger partial charge in [0.05, 0.1) is 227 Å². The Labute approximate surface area is 859 Å². The number of nitrogens with two attached hydrogens (primary N) is 4. The Hall–Kier alpha value is -13.4. The van der Waals surface area contributed by atoms with Crippen LogP contribution in [0.15, 0.2) is 140 Å². The van der Waals surface area contributed by atoms with Crippen LogP contribution in [0.25, 0.3) is 0 Å². The lowest BCUT2D eigenvalue weighted by molar-refractivity contribution is -0.903. The van der Waals surface area contributed by atoms with Crippen molar-refractivity contribution in [2.24, 2.45) is 0 Å². The van der Waals surface area contributed by atoms with Crippen LogP contribution in [0.5, 0.6) is 17.2 Å². The Kier molecular flexibility index (Phi) is 43.7. The number of ether oxygens (including phenoxy) is 2. The molecule has 0 heterocycles. The van der Waals surface area contributed by atoms with Gasteiger partial charge in [-0.2, -0.15) is 0 Å². The first-order chi connectivity index (χ1) is 67.7. The van der Waals surface area contributed by atoms with Crippen molar-refractivity contribution >= 4 is 152 Å². The fourth-order valence-electron chi connectivity index (χ4n) is 16.0. The number of halogens is 1. The van der Waals surface area contributed by atoms with E-state index in [1.165, 1.54) is 39.5 Å². The van der Waals surface area contributed by atoms with Crippen LogP contribution in [-0.2, 0) is 59.9 Å². The SMILES string of the molecule is CC(C)Nc1ccc(NCCC[N+](C)(C)C)c2c1C(=O)c1cccc(O)c1C2=O.CCCOc1cc(NCCC[N+](C)(C)C)c2c(c1N)C(=O)c1cccc(NC(C)=O)c1C2=O.CCOS(=O)(=O)[O-].CC[N+](C)(C)CCCNc1cc(OC)c(N)c2c1C(=O)c1c(NC(C)=O)cccc1C2=O.COS(=O)(=O)[O-].COS(=O)(=O)[O-].C[N+](C)(CCCNc1ccc(N)c2c1C(=O)c1c(N)cccc1C2=O)Cc1ccccc1.[Cl-]. The number of anilines is 11. The molecule has 0 saturated carbocycles. The summed E-state index contributed by atoms with van der Waals surface area (Å²) in [4.78, 5) is 131. The van der Waals surface area contributed by atoms with E-state index < -0.39 is 31.2 Å². The van der Waals surface area contributed by atoms with Gasteiger partial charge in [-0.1, -0.05) is 85.8 Å². The van der Waals surface area contributed by atoms with Gasteiger partial charge in [0.15, 0.2) is 46.3 Å². The molecule has 2 amide bonds. The van der Waals surface area contributed by atoms with Crippen LogP contribution in [-0.4, -0.2) is 290 Å². The minimum absolute atomic E-state index is 0. The summed E-state index contributed by atoms with van der Waals surface area (Å²) in [6, 6.07) is 40.3. The molecule has 9 aromatic rings. The van der Waals surface area contributed by atoms with Crippen molar-refractivity contribution in [2.75, 3.05) is 224 Å². The Morgan fingerprint density at radius 3 is 1.17 bits per heavy atom. The van der Waals surface area contributed by atoms with Crippen LogP contribution < -0.4 is 82.0 Å².